The third-order valence-electron chi connectivity index (χ3n) is 4.85. The molecule has 1 saturated carbocycles. The Balaban J connectivity index is 1.45. The van der Waals surface area contributed by atoms with Crippen LogP contribution in [0.3, 0.4) is 0 Å². The van der Waals surface area contributed by atoms with Crippen LogP contribution in [0.1, 0.15) is 12.8 Å². The van der Waals surface area contributed by atoms with E-state index in [1.807, 2.05) is 24.3 Å². The van der Waals surface area contributed by atoms with Gasteiger partial charge in [-0.3, -0.25) is 0 Å². The molecule has 6 nitrogen and oxygen atoms in total. The molecule has 1 aliphatic heterocycles. The van der Waals surface area contributed by atoms with E-state index in [2.05, 4.69) is 15.7 Å². The van der Waals surface area contributed by atoms with Crippen LogP contribution in [0.4, 0.5) is 4.79 Å². The van der Waals surface area contributed by atoms with Gasteiger partial charge in [0.15, 0.2) is 0 Å². The topological polar surface area (TPSA) is 68.2 Å². The molecule has 2 N–H and O–H groups in total. The van der Waals surface area contributed by atoms with Gasteiger partial charge in [0.25, 0.3) is 0 Å². The minimum atomic E-state index is -0.163. The van der Waals surface area contributed by atoms with Gasteiger partial charge in [-0.2, -0.15) is 9.78 Å². The minimum absolute atomic E-state index is 0.163. The average Bonchev–Trinajstić information content (AvgIpc) is 3.31. The number of benzene rings is 1. The Morgan fingerprint density at radius 2 is 2.13 bits per heavy atom. The number of aromatic nitrogens is 2. The fraction of sp³-hybridized carbons (Fsp3) is 0.412. The third kappa shape index (κ3) is 2.70. The molecule has 1 saturated heterocycles. The summed E-state index contributed by atoms with van der Waals surface area (Å²) in [5.41, 5.74) is 1.92. The van der Waals surface area contributed by atoms with E-state index in [0.29, 0.717) is 12.0 Å². The van der Waals surface area contributed by atoms with Crippen LogP contribution in [-0.4, -0.2) is 41.5 Å². The Bertz CT molecular complexity index is 710. The van der Waals surface area contributed by atoms with E-state index in [4.69, 9.17) is 4.74 Å². The van der Waals surface area contributed by atoms with Gasteiger partial charge in [0.1, 0.15) is 5.75 Å². The van der Waals surface area contributed by atoms with E-state index in [1.54, 1.807) is 19.5 Å². The highest BCUT2D eigenvalue weighted by molar-refractivity contribution is 5.78. The second-order valence-electron chi connectivity index (χ2n) is 6.31. The van der Waals surface area contributed by atoms with Gasteiger partial charge in [-0.05, 0) is 43.0 Å². The predicted octanol–water partition coefficient (Wildman–Crippen LogP) is 1.87. The zero-order valence-corrected chi connectivity index (χ0v) is 13.0. The molecule has 1 aromatic carbocycles. The maximum atomic E-state index is 12.4. The summed E-state index contributed by atoms with van der Waals surface area (Å²) < 4.78 is 6.54. The molecule has 120 valence electrons. The van der Waals surface area contributed by atoms with Crippen molar-refractivity contribution < 1.29 is 9.53 Å². The predicted molar refractivity (Wildman–Crippen MR) is 86.4 cm³/mol. The monoisotopic (exact) mass is 312 g/mol. The lowest BCUT2D eigenvalue weighted by atomic mass is 10.1. The molecule has 2 fully saturated rings. The van der Waals surface area contributed by atoms with Crippen LogP contribution < -0.4 is 15.4 Å². The van der Waals surface area contributed by atoms with Crippen LogP contribution in [0.2, 0.25) is 0 Å². The van der Waals surface area contributed by atoms with Gasteiger partial charge >= 0.3 is 6.03 Å². The normalized spacial score (nSPS) is 25.5. The summed E-state index contributed by atoms with van der Waals surface area (Å²) in [6, 6.07) is 8.18. The molecule has 6 heteroatoms. The summed E-state index contributed by atoms with van der Waals surface area (Å²) in [5.74, 6) is 1.51. The van der Waals surface area contributed by atoms with Crippen LogP contribution in [0.25, 0.3) is 11.1 Å². The lowest BCUT2D eigenvalue weighted by Crippen LogP contribution is -2.49. The van der Waals surface area contributed by atoms with E-state index in [-0.39, 0.29) is 12.1 Å². The number of carbonyl (C=O) groups excluding carboxylic acids is 1. The van der Waals surface area contributed by atoms with Crippen molar-refractivity contribution in [1.29, 1.82) is 0 Å². The van der Waals surface area contributed by atoms with Gasteiger partial charge in [0, 0.05) is 23.8 Å². The third-order valence-corrected chi connectivity index (χ3v) is 4.85. The standard InChI is InChI=1S/C17H20N4O2/c1-23-14-4-2-12(3-5-14)13-9-19-21(10-13)17(22)20-16-7-11-6-15(16)18-8-11/h2-5,9-11,15-16,18H,6-8H2,1H3,(H,20,22). The van der Waals surface area contributed by atoms with Gasteiger partial charge < -0.3 is 15.4 Å². The Morgan fingerprint density at radius 1 is 1.30 bits per heavy atom. The highest BCUT2D eigenvalue weighted by Gasteiger charge is 2.40. The number of rotatable bonds is 3. The van der Waals surface area contributed by atoms with Crippen LogP contribution >= 0.6 is 0 Å². The van der Waals surface area contributed by atoms with E-state index < -0.39 is 0 Å². The summed E-state index contributed by atoms with van der Waals surface area (Å²) in [6.07, 6.45) is 5.70. The number of fused-ring (bicyclic) bond motifs is 2. The second-order valence-corrected chi connectivity index (χ2v) is 6.31. The SMILES string of the molecule is COc1ccc(-c2cnn(C(=O)NC3CC4CNC3C4)c2)cc1. The van der Waals surface area contributed by atoms with Crippen molar-refractivity contribution in [2.75, 3.05) is 13.7 Å². The Hall–Kier alpha value is -2.34. The Kier molecular flexibility index (Phi) is 3.53. The molecule has 2 heterocycles. The number of nitrogens with one attached hydrogen (secondary N) is 2. The van der Waals surface area contributed by atoms with E-state index in [0.717, 1.165) is 29.8 Å². The number of hydrogen-bond acceptors (Lipinski definition) is 4. The van der Waals surface area contributed by atoms with Gasteiger partial charge in [-0.15, -0.1) is 0 Å². The van der Waals surface area contributed by atoms with E-state index in [9.17, 15) is 4.79 Å². The molecule has 1 aliphatic carbocycles. The second kappa shape index (κ2) is 5.70. The number of methoxy groups -OCH3 is 1. The minimum Gasteiger partial charge on any atom is -0.497 e. The number of carbonyl (C=O) groups is 1. The first-order valence-electron chi connectivity index (χ1n) is 7.96. The molecule has 2 aliphatic rings. The van der Waals surface area contributed by atoms with Crippen molar-refractivity contribution in [3.63, 3.8) is 0 Å². The Labute approximate surface area is 134 Å². The van der Waals surface area contributed by atoms with E-state index in [1.165, 1.54) is 11.1 Å². The van der Waals surface area contributed by atoms with Crippen LogP contribution in [0.5, 0.6) is 5.75 Å². The number of ether oxygens (including phenoxy) is 1. The van der Waals surface area contributed by atoms with Gasteiger partial charge in [-0.25, -0.2) is 4.79 Å². The molecule has 1 aromatic heterocycles. The van der Waals surface area contributed by atoms with Crippen molar-refractivity contribution >= 4 is 6.03 Å². The fourth-order valence-corrected chi connectivity index (χ4v) is 3.60. The van der Waals surface area contributed by atoms with Gasteiger partial charge in [-0.1, -0.05) is 12.1 Å². The number of nitrogens with zero attached hydrogens (tertiary/aromatic N) is 2. The summed E-state index contributed by atoms with van der Waals surface area (Å²) in [5, 5.41) is 10.7. The molecule has 0 radical (unpaired) electrons. The first-order chi connectivity index (χ1) is 11.2. The maximum absolute atomic E-state index is 12.4. The molecule has 3 atom stereocenters. The summed E-state index contributed by atoms with van der Waals surface area (Å²) in [7, 11) is 1.64. The first kappa shape index (κ1) is 14.3. The highest BCUT2D eigenvalue weighted by Crippen LogP contribution is 2.31. The van der Waals surface area contributed by atoms with Gasteiger partial charge in [0.05, 0.1) is 13.3 Å². The van der Waals surface area contributed by atoms with Gasteiger partial charge in [0.2, 0.25) is 0 Å². The molecular formula is C17H20N4O2. The van der Waals surface area contributed by atoms with Crippen LogP contribution in [-0.2, 0) is 0 Å². The first-order valence-corrected chi connectivity index (χ1v) is 7.96. The molecular weight excluding hydrogens is 292 g/mol. The maximum Gasteiger partial charge on any atom is 0.342 e. The fourth-order valence-electron chi connectivity index (χ4n) is 3.60. The van der Waals surface area contributed by atoms with Crippen LogP contribution in [0, 0.1) is 5.92 Å². The smallest absolute Gasteiger partial charge is 0.342 e. The van der Waals surface area contributed by atoms with Crippen LogP contribution in [0.15, 0.2) is 36.7 Å². The number of hydrogen-bond donors (Lipinski definition) is 2. The molecule has 2 aromatic rings. The van der Waals surface area contributed by atoms with Crippen molar-refractivity contribution in [1.82, 2.24) is 20.4 Å². The molecule has 1 amide bonds. The van der Waals surface area contributed by atoms with Crippen molar-refractivity contribution in [2.45, 2.75) is 24.9 Å². The zero-order chi connectivity index (χ0) is 15.8. The average molecular weight is 312 g/mol. The molecule has 0 spiro atoms. The van der Waals surface area contributed by atoms with E-state index >= 15 is 0 Å². The largest absolute Gasteiger partial charge is 0.497 e. The lowest BCUT2D eigenvalue weighted by molar-refractivity contribution is 0.231. The number of amides is 1. The highest BCUT2D eigenvalue weighted by atomic mass is 16.5. The molecule has 3 unspecified atom stereocenters. The van der Waals surface area contributed by atoms with Crippen molar-refractivity contribution in [3.8, 4) is 16.9 Å². The summed E-state index contributed by atoms with van der Waals surface area (Å²) >= 11 is 0. The summed E-state index contributed by atoms with van der Waals surface area (Å²) in [6.45, 7) is 1.08. The lowest BCUT2D eigenvalue weighted by Gasteiger charge is -2.23. The summed E-state index contributed by atoms with van der Waals surface area (Å²) in [4.78, 5) is 12.4. The molecule has 4 rings (SSSR count). The zero-order valence-electron chi connectivity index (χ0n) is 13.0. The quantitative estimate of drug-likeness (QED) is 0.908. The molecule has 2 bridgehead atoms. The van der Waals surface area contributed by atoms with Crippen molar-refractivity contribution in [2.24, 2.45) is 5.92 Å². The van der Waals surface area contributed by atoms with Crippen molar-refractivity contribution in [3.05, 3.63) is 36.7 Å². The number of piperidine rings is 1. The Morgan fingerprint density at radius 3 is 2.78 bits per heavy atom. The molecule has 23 heavy (non-hydrogen) atoms.